The van der Waals surface area contributed by atoms with Gasteiger partial charge in [-0.3, -0.25) is 96.1 Å². The molecule has 111 heavy (non-hydrogen) atoms. The van der Waals surface area contributed by atoms with E-state index >= 15 is 0 Å². The molecule has 0 aliphatic heterocycles. The Hall–Kier alpha value is -12.2. The minimum absolute atomic E-state index is 0.0613. The van der Waals surface area contributed by atoms with Gasteiger partial charge in [0, 0.05) is 57.0 Å². The first-order valence-electron chi connectivity index (χ1n) is 34.9. The molecule has 1 aromatic heterocycles. The summed E-state index contributed by atoms with van der Waals surface area (Å²) < 4.78 is 0. The summed E-state index contributed by atoms with van der Waals surface area (Å²) in [4.78, 5) is 272. The summed E-state index contributed by atoms with van der Waals surface area (Å²) >= 11 is 0. The van der Waals surface area contributed by atoms with Crippen molar-refractivity contribution in [3.63, 3.8) is 0 Å². The van der Waals surface area contributed by atoms with E-state index in [2.05, 4.69) is 84.1 Å². The molecular weight excluding hydrogens is 1480 g/mol. The lowest BCUT2D eigenvalue weighted by molar-refractivity contribution is -0.143. The number of amides is 16. The predicted molar refractivity (Wildman–Crippen MR) is 383 cm³/mol. The van der Waals surface area contributed by atoms with Gasteiger partial charge in [-0.05, 0) is 62.7 Å². The Kier molecular flexibility index (Phi) is 43.3. The Morgan fingerprint density at radius 3 is 1.22 bits per heavy atom. The minimum atomic E-state index is -2.22. The second kappa shape index (κ2) is 49.7. The molecule has 0 aromatic carbocycles. The summed E-state index contributed by atoms with van der Waals surface area (Å²) in [5.74, 6) is -26.7. The van der Waals surface area contributed by atoms with Crippen LogP contribution < -0.4 is 104 Å². The van der Waals surface area contributed by atoms with Gasteiger partial charge in [-0.1, -0.05) is 48.0 Å². The number of aromatic amines is 1. The summed E-state index contributed by atoms with van der Waals surface area (Å²) in [6, 6.07) is -21.0. The van der Waals surface area contributed by atoms with Crippen molar-refractivity contribution in [3.05, 3.63) is 18.2 Å². The summed E-state index contributed by atoms with van der Waals surface area (Å²) in [6.45, 7) is 6.60. The van der Waals surface area contributed by atoms with Crippen molar-refractivity contribution in [1.29, 1.82) is 0 Å². The molecule has 0 saturated heterocycles. The van der Waals surface area contributed by atoms with Crippen LogP contribution in [0, 0.1) is 17.8 Å². The van der Waals surface area contributed by atoms with Gasteiger partial charge in [-0.15, -0.1) is 0 Å². The van der Waals surface area contributed by atoms with Crippen molar-refractivity contribution in [3.8, 4) is 0 Å². The molecule has 16 amide bonds. The molecule has 0 radical (unpaired) electrons. The highest BCUT2D eigenvalue weighted by atomic mass is 16.4. The quantitative estimate of drug-likeness (QED) is 0.0164. The van der Waals surface area contributed by atoms with Gasteiger partial charge >= 0.3 is 23.9 Å². The number of primary amides is 3. The van der Waals surface area contributed by atoms with Gasteiger partial charge in [0.05, 0.1) is 32.4 Å². The standard InChI is InChI=1S/C64H104N22O25/c1-7-30(6)51(62(109)85-50(29(4)5)60(107)80-37(63(110)111)9-8-20-72-64(69)70)86-61(108)49(28(2)3)84-45(92)25-73-52(99)32(13-18-46(93)94)76-58(105)39(22-48(97)98)82-55(102)34(11-16-42(67)89)79-57(104)38(21-31-24-71-27-74-31)81-59(106)40(26-87)83-56(103)35(12-17-43(68)90)77-54(101)36(14-19-47(95)96)78-53(100)33(10-15-41(66)88)75-44(91)23-65/h24,27-30,32-40,49-51,87H,7-23,25-26,65H2,1-6H3,(H2,66,88)(H2,67,89)(H2,68,90)(H,71,74)(H,73,99)(H,75,91)(H,76,105)(H,77,101)(H,78,100)(H,79,104)(H,80,107)(H,81,106)(H,82,102)(H,83,103)(H,84,92)(H,85,109)(H,86,108)(H,93,94)(H,95,96)(H,97,98)(H,110,111)(H4,69,70,72)/t30-,32-,33-,34-,35-,36-,37-,38-,39-,40-,49-,50-,51-/m0/s1. The molecule has 13 atom stereocenters. The summed E-state index contributed by atoms with van der Waals surface area (Å²) in [6.07, 6.45) is -5.95. The lowest BCUT2D eigenvalue weighted by atomic mass is 9.95. The van der Waals surface area contributed by atoms with Gasteiger partial charge in [0.15, 0.2) is 5.96 Å². The zero-order chi connectivity index (χ0) is 84.5. The Bertz CT molecular complexity index is 3480. The number of nitrogens with one attached hydrogen (secondary N) is 14. The highest BCUT2D eigenvalue weighted by Gasteiger charge is 2.39. The topological polar surface area (TPSA) is 796 Å². The molecule has 47 nitrogen and oxygen atoms in total. The Morgan fingerprint density at radius 2 is 0.811 bits per heavy atom. The van der Waals surface area contributed by atoms with Crippen LogP contribution >= 0.6 is 0 Å². The van der Waals surface area contributed by atoms with Crippen LogP contribution in [0.4, 0.5) is 0 Å². The molecule has 0 fully saturated rings. The van der Waals surface area contributed by atoms with Gasteiger partial charge in [0.2, 0.25) is 94.5 Å². The molecule has 0 aliphatic carbocycles. The maximum Gasteiger partial charge on any atom is 0.326 e. The highest BCUT2D eigenvalue weighted by Crippen LogP contribution is 2.15. The summed E-state index contributed by atoms with van der Waals surface area (Å²) in [5.41, 5.74) is 32.0. The number of hydrogen-bond acceptors (Lipinski definition) is 24. The number of rotatable bonds is 55. The number of aromatic nitrogens is 2. The Labute approximate surface area is 634 Å². The van der Waals surface area contributed by atoms with E-state index in [1.54, 1.807) is 27.7 Å². The van der Waals surface area contributed by atoms with Gasteiger partial charge in [-0.2, -0.15) is 0 Å². The van der Waals surface area contributed by atoms with E-state index in [-0.39, 0.29) is 37.5 Å². The molecule has 0 unspecified atom stereocenters. The van der Waals surface area contributed by atoms with Gasteiger partial charge in [0.25, 0.3) is 0 Å². The first-order chi connectivity index (χ1) is 51.9. The lowest BCUT2D eigenvalue weighted by Crippen LogP contribution is -2.61. The largest absolute Gasteiger partial charge is 0.481 e. The maximum absolute atomic E-state index is 14.3. The van der Waals surface area contributed by atoms with Crippen LogP contribution in [0.25, 0.3) is 0 Å². The molecule has 0 spiro atoms. The number of aliphatic hydroxyl groups is 1. The van der Waals surface area contributed by atoms with Crippen LogP contribution in [-0.2, 0) is 102 Å². The molecule has 0 bridgehead atoms. The van der Waals surface area contributed by atoms with Crippen molar-refractivity contribution in [2.75, 3.05) is 26.2 Å². The first-order valence-corrected chi connectivity index (χ1v) is 34.9. The smallest absolute Gasteiger partial charge is 0.326 e. The fraction of sp³-hybridized carbons (Fsp3) is 0.625. The molecule has 1 aromatic rings. The van der Waals surface area contributed by atoms with E-state index in [0.717, 1.165) is 6.33 Å². The number of carbonyl (C=O) groups excluding carboxylic acids is 16. The predicted octanol–water partition coefficient (Wildman–Crippen LogP) is -10.7. The zero-order valence-corrected chi connectivity index (χ0v) is 62.0. The second-order valence-electron chi connectivity index (χ2n) is 26.2. The number of carbonyl (C=O) groups is 20. The van der Waals surface area contributed by atoms with E-state index < -0.39 is 305 Å². The Morgan fingerprint density at radius 1 is 0.432 bits per heavy atom. The number of aliphatic imine (C=N–C) groups is 1. The first kappa shape index (κ1) is 96.8. The zero-order valence-electron chi connectivity index (χ0n) is 62.0. The van der Waals surface area contributed by atoms with E-state index in [1.807, 2.05) is 0 Å². The molecule has 31 N–H and O–H groups in total. The normalized spacial score (nSPS) is 14.5. The highest BCUT2D eigenvalue weighted by molar-refractivity contribution is 6.01. The molecule has 0 aliphatic rings. The van der Waals surface area contributed by atoms with Crippen molar-refractivity contribution in [2.24, 2.45) is 57.1 Å². The van der Waals surface area contributed by atoms with Crippen LogP contribution in [0.1, 0.15) is 137 Å². The monoisotopic (exact) mass is 1580 g/mol. The second-order valence-corrected chi connectivity index (χ2v) is 26.2. The van der Waals surface area contributed by atoms with E-state index in [0.29, 0.717) is 0 Å². The maximum atomic E-state index is 14.3. The summed E-state index contributed by atoms with van der Waals surface area (Å²) in [5, 5.41) is 78.8. The van der Waals surface area contributed by atoms with E-state index in [4.69, 9.17) is 34.4 Å². The van der Waals surface area contributed by atoms with Gasteiger partial charge in [-0.25, -0.2) is 9.78 Å². The van der Waals surface area contributed by atoms with Crippen molar-refractivity contribution in [1.82, 2.24) is 79.1 Å². The number of aliphatic hydroxyl groups excluding tert-OH is 1. The SMILES string of the molecule is CC[C@H](C)[C@H](NC(=O)[C@@H](NC(=O)CNC(=O)[C@H](CCC(=O)O)NC(=O)[C@H](CC(=O)O)NC(=O)[C@H](CCC(N)=O)NC(=O)[C@H](Cc1cnc[nH]1)NC(=O)[C@H](CO)NC(=O)[C@H](CCC(N)=O)NC(=O)[C@H](CCC(=O)O)NC(=O)[C@H](CCC(N)=O)NC(=O)CN)C(C)C)C(=O)N[C@H](C(=O)N[C@@H](CCCN=C(N)N)C(=O)O)C(C)C. The van der Waals surface area contributed by atoms with Gasteiger partial charge < -0.3 is 134 Å². The molecule has 0 saturated carbocycles. The van der Waals surface area contributed by atoms with Crippen LogP contribution in [0.2, 0.25) is 0 Å². The summed E-state index contributed by atoms with van der Waals surface area (Å²) in [7, 11) is 0. The van der Waals surface area contributed by atoms with Gasteiger partial charge in [0.1, 0.15) is 72.5 Å². The van der Waals surface area contributed by atoms with Crippen LogP contribution in [0.5, 0.6) is 0 Å². The number of hydrogen-bond donors (Lipinski definition) is 25. The third-order valence-electron chi connectivity index (χ3n) is 16.4. The van der Waals surface area contributed by atoms with Crippen LogP contribution in [-0.4, -0.2) is 259 Å². The molecule has 1 rings (SSSR count). The fourth-order valence-corrected chi connectivity index (χ4v) is 10.1. The molecular formula is C64H104N22O25. The third-order valence-corrected chi connectivity index (χ3v) is 16.4. The molecule has 620 valence electrons. The van der Waals surface area contributed by atoms with Crippen molar-refractivity contribution in [2.45, 2.75) is 210 Å². The number of carboxylic acids is 4. The van der Waals surface area contributed by atoms with Crippen LogP contribution in [0.3, 0.4) is 0 Å². The third kappa shape index (κ3) is 37.9. The number of nitrogens with two attached hydrogens (primary N) is 6. The fourth-order valence-electron chi connectivity index (χ4n) is 10.1. The lowest BCUT2D eigenvalue weighted by Gasteiger charge is -2.30. The average molecular weight is 1580 g/mol. The Balaban J connectivity index is 3.57. The number of guanidine groups is 1. The van der Waals surface area contributed by atoms with E-state index in [1.165, 1.54) is 20.0 Å². The molecule has 47 heteroatoms. The van der Waals surface area contributed by atoms with Crippen molar-refractivity contribution < 1.29 is 121 Å². The number of H-pyrrole nitrogens is 1. The van der Waals surface area contributed by atoms with Crippen molar-refractivity contribution >= 4 is 124 Å². The van der Waals surface area contributed by atoms with Crippen LogP contribution in [0.15, 0.2) is 17.5 Å². The molecule has 1 heterocycles. The van der Waals surface area contributed by atoms with E-state index in [9.17, 15) is 121 Å². The number of aliphatic carboxylic acids is 4. The number of imidazole rings is 1. The minimum Gasteiger partial charge on any atom is -0.481 e. The average Bonchev–Trinajstić information content (AvgIpc) is 0.897. The number of carboxylic acid groups (broad SMARTS) is 4. The number of nitrogens with zero attached hydrogens (tertiary/aromatic N) is 2.